The number of fused-ring (bicyclic) bond motifs is 1. The van der Waals surface area contributed by atoms with Crippen LogP contribution in [0.1, 0.15) is 18.1 Å². The third kappa shape index (κ3) is 4.19. The lowest BCUT2D eigenvalue weighted by molar-refractivity contribution is -0.142. The highest BCUT2D eigenvalue weighted by Crippen LogP contribution is 2.31. The highest BCUT2D eigenvalue weighted by atomic mass is 16.5. The summed E-state index contributed by atoms with van der Waals surface area (Å²) < 4.78 is 4.67. The van der Waals surface area contributed by atoms with Crippen molar-refractivity contribution in [2.45, 2.75) is 26.4 Å². The number of anilines is 2. The Bertz CT molecular complexity index is 822. The second kappa shape index (κ2) is 8.07. The first-order chi connectivity index (χ1) is 13.0. The topological polar surface area (TPSA) is 74.8 Å². The molecule has 1 aromatic carbocycles. The molecule has 7 nitrogen and oxygen atoms in total. The Kier molecular flexibility index (Phi) is 5.59. The van der Waals surface area contributed by atoms with E-state index >= 15 is 0 Å². The van der Waals surface area contributed by atoms with E-state index in [-0.39, 0.29) is 6.03 Å². The van der Waals surface area contributed by atoms with Gasteiger partial charge in [-0.2, -0.15) is 0 Å². The number of amides is 2. The van der Waals surface area contributed by atoms with E-state index in [2.05, 4.69) is 51.1 Å². The number of benzene rings is 1. The molecule has 2 heterocycles. The average molecular weight is 368 g/mol. The van der Waals surface area contributed by atoms with Crippen LogP contribution in [0.5, 0.6) is 0 Å². The molecule has 0 spiro atoms. The molecule has 7 heteroatoms. The van der Waals surface area contributed by atoms with E-state index in [1.807, 2.05) is 6.07 Å². The lowest BCUT2D eigenvalue weighted by Gasteiger charge is -2.37. The monoisotopic (exact) mass is 368 g/mol. The van der Waals surface area contributed by atoms with Crippen molar-refractivity contribution < 1.29 is 14.3 Å². The Hall–Kier alpha value is -3.09. The maximum atomic E-state index is 12.7. The molecule has 0 fully saturated rings. The quantitative estimate of drug-likeness (QED) is 0.840. The van der Waals surface area contributed by atoms with Gasteiger partial charge in [-0.25, -0.2) is 14.6 Å². The van der Waals surface area contributed by atoms with Crippen LogP contribution < -0.4 is 15.1 Å². The number of urea groups is 1. The lowest BCUT2D eigenvalue weighted by atomic mass is 10.1. The van der Waals surface area contributed by atoms with E-state index in [1.165, 1.54) is 18.2 Å². The van der Waals surface area contributed by atoms with E-state index in [1.54, 1.807) is 24.1 Å². The number of esters is 1. The predicted octanol–water partition coefficient (Wildman–Crippen LogP) is 2.49. The van der Waals surface area contributed by atoms with Gasteiger partial charge in [0, 0.05) is 25.8 Å². The predicted molar refractivity (Wildman–Crippen MR) is 104 cm³/mol. The summed E-state index contributed by atoms with van der Waals surface area (Å²) in [6, 6.07) is 11.0. The minimum atomic E-state index is -0.715. The maximum absolute atomic E-state index is 12.7. The molecule has 0 radical (unpaired) electrons. The number of nitrogens with one attached hydrogen (secondary N) is 1. The van der Waals surface area contributed by atoms with Crippen molar-refractivity contribution in [1.29, 1.82) is 0 Å². The summed E-state index contributed by atoms with van der Waals surface area (Å²) in [5.41, 5.74) is 3.14. The zero-order chi connectivity index (χ0) is 19.4. The highest BCUT2D eigenvalue weighted by molar-refractivity contribution is 5.97. The van der Waals surface area contributed by atoms with Gasteiger partial charge in [0.25, 0.3) is 0 Å². The molecule has 2 aromatic rings. The summed E-state index contributed by atoms with van der Waals surface area (Å²) >= 11 is 0. The summed E-state index contributed by atoms with van der Waals surface area (Å²) in [6.45, 7) is 5.54. The molecule has 1 N–H and O–H groups in total. The number of nitrogens with zero attached hydrogens (tertiary/aromatic N) is 3. The van der Waals surface area contributed by atoms with Gasteiger partial charge in [-0.3, -0.25) is 4.90 Å². The summed E-state index contributed by atoms with van der Waals surface area (Å²) in [4.78, 5) is 32.5. The second-order valence-electron chi connectivity index (χ2n) is 6.60. The first-order valence-electron chi connectivity index (χ1n) is 8.91. The molecule has 0 aliphatic carbocycles. The maximum Gasteiger partial charge on any atom is 0.328 e. The number of pyridine rings is 1. The summed E-state index contributed by atoms with van der Waals surface area (Å²) in [5.74, 6) is 0.276. The molecule has 142 valence electrons. The van der Waals surface area contributed by atoms with E-state index in [9.17, 15) is 9.59 Å². The standard InChI is InChI=1S/C20H24N4O3/c1-14-6-8-16(9-7-14)13-23-11-12-24(17-5-4-10-21-18(17)23)20(26)22-15(2)19(25)27-3/h4-10,15H,11-13H2,1-3H3,(H,22,26). The molecule has 0 saturated carbocycles. The smallest absolute Gasteiger partial charge is 0.328 e. The highest BCUT2D eigenvalue weighted by Gasteiger charge is 2.29. The van der Waals surface area contributed by atoms with E-state index < -0.39 is 12.0 Å². The molecule has 27 heavy (non-hydrogen) atoms. The molecular weight excluding hydrogens is 344 g/mol. The van der Waals surface area contributed by atoms with Gasteiger partial charge in [0.1, 0.15) is 6.04 Å². The van der Waals surface area contributed by atoms with Crippen LogP contribution in [0.25, 0.3) is 0 Å². The van der Waals surface area contributed by atoms with Gasteiger partial charge in [-0.05, 0) is 31.5 Å². The van der Waals surface area contributed by atoms with Crippen LogP contribution in [0.3, 0.4) is 0 Å². The van der Waals surface area contributed by atoms with E-state index in [4.69, 9.17) is 0 Å². The van der Waals surface area contributed by atoms with Crippen LogP contribution in [0.4, 0.5) is 16.3 Å². The third-order valence-corrected chi connectivity index (χ3v) is 4.58. The Morgan fingerprint density at radius 1 is 1.22 bits per heavy atom. The van der Waals surface area contributed by atoms with E-state index in [0.29, 0.717) is 13.1 Å². The molecule has 1 aliphatic rings. The molecule has 3 rings (SSSR count). The van der Waals surface area contributed by atoms with Gasteiger partial charge in [-0.1, -0.05) is 29.8 Å². The minimum Gasteiger partial charge on any atom is -0.467 e. The van der Waals surface area contributed by atoms with Crippen molar-refractivity contribution in [3.05, 3.63) is 53.7 Å². The zero-order valence-electron chi connectivity index (χ0n) is 15.8. The Labute approximate surface area is 158 Å². The Morgan fingerprint density at radius 2 is 1.96 bits per heavy atom. The minimum absolute atomic E-state index is 0.336. The summed E-state index contributed by atoms with van der Waals surface area (Å²) in [7, 11) is 1.30. The van der Waals surface area contributed by atoms with Crippen LogP contribution >= 0.6 is 0 Å². The zero-order valence-corrected chi connectivity index (χ0v) is 15.8. The molecule has 2 amide bonds. The number of carbonyl (C=O) groups is 2. The van der Waals surface area contributed by atoms with Crippen molar-refractivity contribution in [2.24, 2.45) is 0 Å². The number of aromatic nitrogens is 1. The SMILES string of the molecule is COC(=O)C(C)NC(=O)N1CCN(Cc2ccc(C)cc2)c2ncccc21. The average Bonchev–Trinajstić information content (AvgIpc) is 2.69. The van der Waals surface area contributed by atoms with Crippen LogP contribution in [0, 0.1) is 6.92 Å². The first-order valence-corrected chi connectivity index (χ1v) is 8.91. The molecule has 1 unspecified atom stereocenters. The molecule has 1 atom stereocenters. The van der Waals surface area contributed by atoms with Crippen molar-refractivity contribution in [2.75, 3.05) is 30.0 Å². The van der Waals surface area contributed by atoms with Gasteiger partial charge in [0.05, 0.1) is 12.8 Å². The van der Waals surface area contributed by atoms with Crippen molar-refractivity contribution in [3.8, 4) is 0 Å². The van der Waals surface area contributed by atoms with Crippen molar-refractivity contribution in [1.82, 2.24) is 10.3 Å². The van der Waals surface area contributed by atoms with Gasteiger partial charge >= 0.3 is 12.0 Å². The number of aryl methyl sites for hydroxylation is 1. The van der Waals surface area contributed by atoms with Gasteiger partial charge in [-0.15, -0.1) is 0 Å². The molecule has 0 saturated heterocycles. The van der Waals surface area contributed by atoms with Crippen LogP contribution in [0.2, 0.25) is 0 Å². The van der Waals surface area contributed by atoms with Gasteiger partial charge in [0.15, 0.2) is 5.82 Å². The number of ether oxygens (including phenoxy) is 1. The number of hydrogen-bond acceptors (Lipinski definition) is 5. The molecule has 1 aliphatic heterocycles. The van der Waals surface area contributed by atoms with Crippen molar-refractivity contribution >= 4 is 23.5 Å². The summed E-state index contributed by atoms with van der Waals surface area (Å²) in [5, 5.41) is 2.68. The fourth-order valence-electron chi connectivity index (χ4n) is 3.07. The molecule has 1 aromatic heterocycles. The van der Waals surface area contributed by atoms with Crippen molar-refractivity contribution in [3.63, 3.8) is 0 Å². The fourth-order valence-corrected chi connectivity index (χ4v) is 3.07. The van der Waals surface area contributed by atoms with Crippen LogP contribution in [-0.2, 0) is 16.1 Å². The normalized spacial score (nSPS) is 14.3. The second-order valence-corrected chi connectivity index (χ2v) is 6.60. The first kappa shape index (κ1) is 18.7. The number of hydrogen-bond donors (Lipinski definition) is 1. The Morgan fingerprint density at radius 3 is 2.67 bits per heavy atom. The Balaban J connectivity index is 1.78. The third-order valence-electron chi connectivity index (χ3n) is 4.58. The largest absolute Gasteiger partial charge is 0.467 e. The lowest BCUT2D eigenvalue weighted by Crippen LogP contribution is -2.51. The number of carbonyl (C=O) groups excluding carboxylic acids is 2. The summed E-state index contributed by atoms with van der Waals surface area (Å²) in [6.07, 6.45) is 1.72. The van der Waals surface area contributed by atoms with Crippen LogP contribution in [0.15, 0.2) is 42.6 Å². The number of methoxy groups -OCH3 is 1. The van der Waals surface area contributed by atoms with Gasteiger partial charge in [0.2, 0.25) is 0 Å². The fraction of sp³-hybridized carbons (Fsp3) is 0.350. The van der Waals surface area contributed by atoms with Crippen LogP contribution in [-0.4, -0.2) is 43.2 Å². The molecule has 0 bridgehead atoms. The number of rotatable bonds is 4. The molecular formula is C20H24N4O3. The van der Waals surface area contributed by atoms with E-state index in [0.717, 1.165) is 18.1 Å². The van der Waals surface area contributed by atoms with Gasteiger partial charge < -0.3 is 15.0 Å².